The predicted molar refractivity (Wildman–Crippen MR) is 103 cm³/mol. The normalized spacial score (nSPS) is 11.2. The van der Waals surface area contributed by atoms with Gasteiger partial charge in [0.15, 0.2) is 0 Å². The average Bonchev–Trinajstić information content (AvgIpc) is 3.14. The topological polar surface area (TPSA) is 56.5 Å². The summed E-state index contributed by atoms with van der Waals surface area (Å²) in [7, 11) is 0. The van der Waals surface area contributed by atoms with Gasteiger partial charge >= 0.3 is 17.1 Å². The van der Waals surface area contributed by atoms with E-state index in [2.05, 4.69) is 27.3 Å². The molecule has 5 nitrogen and oxygen atoms in total. The third-order valence-corrected chi connectivity index (χ3v) is 4.64. The quantitative estimate of drug-likeness (QED) is 0.264. The van der Waals surface area contributed by atoms with Gasteiger partial charge < -0.3 is 9.67 Å². The second kappa shape index (κ2) is 8.42. The zero-order valence-corrected chi connectivity index (χ0v) is 17.4. The van der Waals surface area contributed by atoms with Crippen molar-refractivity contribution in [2.75, 3.05) is 0 Å². The van der Waals surface area contributed by atoms with Crippen LogP contribution in [-0.4, -0.2) is 24.7 Å². The molecule has 0 amide bonds. The molecule has 0 saturated heterocycles. The molecule has 8 heteroatoms. The molecule has 30 heavy (non-hydrogen) atoms. The SMILES string of the molecule is Cc1c[c-]n(-c2cccc(C(C)(C)c3cccc(-c4[c-]cc(F)nc4F)n3)n2)n1.[Cu+2]. The molecule has 1 radical (unpaired) electrons. The Kier molecular flexibility index (Phi) is 6.10. The van der Waals surface area contributed by atoms with E-state index in [0.717, 1.165) is 17.5 Å². The van der Waals surface area contributed by atoms with Crippen molar-refractivity contribution >= 4 is 0 Å². The average molecular weight is 453 g/mol. The number of hydrogen-bond acceptors (Lipinski definition) is 4. The Morgan fingerprint density at radius 1 is 0.933 bits per heavy atom. The van der Waals surface area contributed by atoms with Crippen LogP contribution in [0.25, 0.3) is 17.1 Å². The first-order valence-electron chi connectivity index (χ1n) is 8.98. The second-order valence-corrected chi connectivity index (χ2v) is 7.13. The summed E-state index contributed by atoms with van der Waals surface area (Å²) >= 11 is 0. The maximum Gasteiger partial charge on any atom is 2.00 e. The van der Waals surface area contributed by atoms with E-state index in [9.17, 15) is 8.78 Å². The van der Waals surface area contributed by atoms with Crippen LogP contribution in [0.3, 0.4) is 0 Å². The van der Waals surface area contributed by atoms with Crippen LogP contribution in [0.5, 0.6) is 0 Å². The van der Waals surface area contributed by atoms with Crippen LogP contribution in [-0.2, 0) is 22.5 Å². The van der Waals surface area contributed by atoms with E-state index in [4.69, 9.17) is 4.98 Å². The van der Waals surface area contributed by atoms with Crippen molar-refractivity contribution in [1.82, 2.24) is 24.7 Å². The van der Waals surface area contributed by atoms with Gasteiger partial charge in [-0.25, -0.2) is 8.78 Å². The van der Waals surface area contributed by atoms with E-state index in [-0.39, 0.29) is 22.6 Å². The standard InChI is InChI=1S/C22H17F2N5.Cu/c1-14-12-13-29(28-14)20-9-5-8-18(26-20)22(2,3)17-7-4-6-16(25-17)15-10-11-19(23)27-21(15)24;/h4-9,11-12H,1-3H3;/q-2;+2. The van der Waals surface area contributed by atoms with Gasteiger partial charge in [0.1, 0.15) is 11.9 Å². The first-order valence-corrected chi connectivity index (χ1v) is 8.98. The van der Waals surface area contributed by atoms with E-state index in [1.165, 1.54) is 0 Å². The number of hydrogen-bond donors (Lipinski definition) is 0. The molecule has 4 rings (SSSR count). The van der Waals surface area contributed by atoms with Gasteiger partial charge in [-0.2, -0.15) is 0 Å². The Balaban J connectivity index is 0.00000256. The van der Waals surface area contributed by atoms with Gasteiger partial charge in [-0.15, -0.1) is 12.1 Å². The molecule has 0 aliphatic heterocycles. The zero-order chi connectivity index (χ0) is 20.6. The Bertz CT molecular complexity index is 1190. The van der Waals surface area contributed by atoms with Crippen molar-refractivity contribution in [3.8, 4) is 17.1 Å². The first-order chi connectivity index (χ1) is 13.8. The monoisotopic (exact) mass is 452 g/mol. The number of pyridine rings is 3. The number of rotatable bonds is 4. The molecule has 0 saturated carbocycles. The molecule has 0 atom stereocenters. The summed E-state index contributed by atoms with van der Waals surface area (Å²) < 4.78 is 28.8. The summed E-state index contributed by atoms with van der Waals surface area (Å²) in [6, 6.07) is 16.2. The van der Waals surface area contributed by atoms with E-state index < -0.39 is 17.3 Å². The van der Waals surface area contributed by atoms with Crippen molar-refractivity contribution in [2.24, 2.45) is 0 Å². The van der Waals surface area contributed by atoms with Crippen LogP contribution in [0, 0.1) is 31.1 Å². The molecule has 0 aromatic carbocycles. The Morgan fingerprint density at radius 2 is 1.63 bits per heavy atom. The van der Waals surface area contributed by atoms with Crippen molar-refractivity contribution in [2.45, 2.75) is 26.2 Å². The molecule has 0 aliphatic carbocycles. The van der Waals surface area contributed by atoms with Crippen LogP contribution in [0.1, 0.15) is 30.9 Å². The van der Waals surface area contributed by atoms with Gasteiger partial charge in [0.05, 0.1) is 5.82 Å². The maximum atomic E-state index is 14.1. The molecule has 0 aliphatic rings. The Hall–Kier alpha value is -2.96. The van der Waals surface area contributed by atoms with E-state index in [0.29, 0.717) is 17.2 Å². The van der Waals surface area contributed by atoms with Crippen LogP contribution in [0.4, 0.5) is 8.78 Å². The predicted octanol–water partition coefficient (Wildman–Crippen LogP) is 4.23. The van der Waals surface area contributed by atoms with Crippen molar-refractivity contribution in [1.29, 1.82) is 0 Å². The Morgan fingerprint density at radius 3 is 2.30 bits per heavy atom. The van der Waals surface area contributed by atoms with E-state index in [1.54, 1.807) is 22.9 Å². The molecule has 4 aromatic heterocycles. The minimum Gasteiger partial charge on any atom is -0.343 e. The van der Waals surface area contributed by atoms with Gasteiger partial charge in [0, 0.05) is 16.8 Å². The molecule has 0 N–H and O–H groups in total. The molecular weight excluding hydrogens is 436 g/mol. The maximum absolute atomic E-state index is 14.1. The molecule has 4 aromatic rings. The number of aryl methyl sites for hydroxylation is 1. The van der Waals surface area contributed by atoms with Crippen molar-refractivity contribution in [3.63, 3.8) is 0 Å². The van der Waals surface area contributed by atoms with Gasteiger partial charge in [-0.1, -0.05) is 49.0 Å². The van der Waals surface area contributed by atoms with Crippen LogP contribution in [0.2, 0.25) is 0 Å². The molecule has 0 bridgehead atoms. The van der Waals surface area contributed by atoms with E-state index >= 15 is 0 Å². The first kappa shape index (κ1) is 21.7. The van der Waals surface area contributed by atoms with E-state index in [1.807, 2.05) is 45.0 Å². The fourth-order valence-corrected chi connectivity index (χ4v) is 2.98. The Labute approximate surface area is 183 Å². The number of aromatic nitrogens is 5. The molecule has 0 spiro atoms. The summed E-state index contributed by atoms with van der Waals surface area (Å²) in [6.07, 6.45) is 3.03. The second-order valence-electron chi connectivity index (χ2n) is 7.13. The molecule has 0 fully saturated rings. The molecular formula is C22H17CuF2N5. The third kappa shape index (κ3) is 4.15. The van der Waals surface area contributed by atoms with Crippen molar-refractivity contribution in [3.05, 3.63) is 89.8 Å². The molecule has 155 valence electrons. The molecule has 4 heterocycles. The third-order valence-electron chi connectivity index (χ3n) is 4.64. The van der Waals surface area contributed by atoms with Crippen LogP contribution in [0.15, 0.2) is 48.5 Å². The van der Waals surface area contributed by atoms with Crippen LogP contribution < -0.4 is 0 Å². The van der Waals surface area contributed by atoms with Gasteiger partial charge in [-0.05, 0) is 37.4 Å². The number of halogens is 2. The van der Waals surface area contributed by atoms with Crippen molar-refractivity contribution < 1.29 is 25.8 Å². The largest absolute Gasteiger partial charge is 2.00 e. The summed E-state index contributed by atoms with van der Waals surface area (Å²) in [5.41, 5.74) is 2.05. The van der Waals surface area contributed by atoms with Gasteiger partial charge in [0.25, 0.3) is 0 Å². The van der Waals surface area contributed by atoms with Gasteiger partial charge in [-0.3, -0.25) is 15.1 Å². The minimum atomic E-state index is -0.947. The summed E-state index contributed by atoms with van der Waals surface area (Å²) in [4.78, 5) is 12.5. The summed E-state index contributed by atoms with van der Waals surface area (Å²) in [5.74, 6) is -1.23. The fraction of sp³-hybridized carbons (Fsp3) is 0.182. The van der Waals surface area contributed by atoms with Gasteiger partial charge in [0.2, 0.25) is 0 Å². The minimum absolute atomic E-state index is 0. The summed E-state index contributed by atoms with van der Waals surface area (Å²) in [5, 5.41) is 4.35. The fourth-order valence-electron chi connectivity index (χ4n) is 2.98. The summed E-state index contributed by atoms with van der Waals surface area (Å²) in [6.45, 7) is 5.84. The number of nitrogens with zero attached hydrogens (tertiary/aromatic N) is 5. The van der Waals surface area contributed by atoms with Crippen LogP contribution >= 0.6 is 0 Å². The smallest absolute Gasteiger partial charge is 0.343 e. The zero-order valence-electron chi connectivity index (χ0n) is 16.4. The molecule has 0 unspecified atom stereocenters.